The van der Waals surface area contributed by atoms with Gasteiger partial charge in [0.25, 0.3) is 15.9 Å². The Bertz CT molecular complexity index is 1100. The highest BCUT2D eigenvalue weighted by molar-refractivity contribution is 7.92. The van der Waals surface area contributed by atoms with Gasteiger partial charge >= 0.3 is 0 Å². The number of carbonyl (C=O) groups excluding carboxylic acids is 1. The van der Waals surface area contributed by atoms with Crippen LogP contribution in [0.3, 0.4) is 0 Å². The van der Waals surface area contributed by atoms with E-state index in [2.05, 4.69) is 10.0 Å². The number of carbonyl (C=O) groups is 1. The molecule has 0 aliphatic heterocycles. The number of methoxy groups -OCH3 is 1. The molecule has 7 nitrogen and oxygen atoms in total. The van der Waals surface area contributed by atoms with Crippen LogP contribution >= 0.6 is 0 Å². The first kappa shape index (κ1) is 21.4. The second-order valence-corrected chi connectivity index (χ2v) is 8.00. The highest BCUT2D eigenvalue weighted by Gasteiger charge is 2.15. The van der Waals surface area contributed by atoms with Crippen LogP contribution in [0, 0.1) is 0 Å². The van der Waals surface area contributed by atoms with E-state index in [0.29, 0.717) is 35.9 Å². The van der Waals surface area contributed by atoms with Crippen molar-refractivity contribution in [3.63, 3.8) is 0 Å². The lowest BCUT2D eigenvalue weighted by molar-refractivity contribution is 0.102. The fourth-order valence-corrected chi connectivity index (χ4v) is 3.72. The zero-order valence-corrected chi connectivity index (χ0v) is 17.2. The molecule has 0 aliphatic carbocycles. The number of sulfonamides is 1. The topological polar surface area (TPSA) is 93.7 Å². The minimum Gasteiger partial charge on any atom is -0.491 e. The van der Waals surface area contributed by atoms with Gasteiger partial charge in [-0.05, 0) is 42.5 Å². The number of nitrogens with one attached hydrogen (secondary N) is 2. The van der Waals surface area contributed by atoms with Crippen molar-refractivity contribution in [2.45, 2.75) is 4.90 Å². The van der Waals surface area contributed by atoms with Crippen molar-refractivity contribution < 1.29 is 22.7 Å². The number of amides is 1. The van der Waals surface area contributed by atoms with Crippen LogP contribution in [0.15, 0.2) is 83.8 Å². The summed E-state index contributed by atoms with van der Waals surface area (Å²) in [7, 11) is -2.15. The summed E-state index contributed by atoms with van der Waals surface area (Å²) < 4.78 is 37.9. The SMILES string of the molecule is COCCOc1cccc(NC(=O)c2cccc(NS(=O)(=O)c3ccccc3)c2)c1. The van der Waals surface area contributed by atoms with Gasteiger partial charge in [0.1, 0.15) is 12.4 Å². The largest absolute Gasteiger partial charge is 0.491 e. The molecule has 0 aliphatic rings. The molecule has 30 heavy (non-hydrogen) atoms. The van der Waals surface area contributed by atoms with E-state index in [0.717, 1.165) is 0 Å². The average molecular weight is 426 g/mol. The molecule has 1 amide bonds. The maximum atomic E-state index is 12.6. The molecule has 0 atom stereocenters. The summed E-state index contributed by atoms with van der Waals surface area (Å²) in [6, 6.07) is 21.3. The van der Waals surface area contributed by atoms with Gasteiger partial charge in [0.2, 0.25) is 0 Å². The zero-order valence-electron chi connectivity index (χ0n) is 16.4. The van der Waals surface area contributed by atoms with Gasteiger partial charge in [-0.15, -0.1) is 0 Å². The van der Waals surface area contributed by atoms with Crippen LogP contribution in [0.25, 0.3) is 0 Å². The summed E-state index contributed by atoms with van der Waals surface area (Å²) >= 11 is 0. The van der Waals surface area contributed by atoms with Crippen molar-refractivity contribution in [1.82, 2.24) is 0 Å². The van der Waals surface area contributed by atoms with Crippen molar-refractivity contribution in [2.24, 2.45) is 0 Å². The molecule has 0 unspecified atom stereocenters. The standard InChI is InChI=1S/C22H22N2O5S/c1-28-13-14-29-20-10-6-8-18(16-20)23-22(25)17-7-5-9-19(15-17)24-30(26,27)21-11-3-2-4-12-21/h2-12,15-16,24H,13-14H2,1H3,(H,23,25). The minimum atomic E-state index is -3.74. The van der Waals surface area contributed by atoms with Gasteiger partial charge in [-0.2, -0.15) is 0 Å². The molecule has 3 rings (SSSR count). The van der Waals surface area contributed by atoms with E-state index < -0.39 is 10.0 Å². The van der Waals surface area contributed by atoms with Gasteiger partial charge in [0, 0.05) is 30.1 Å². The van der Waals surface area contributed by atoms with Gasteiger partial charge in [-0.1, -0.05) is 30.3 Å². The Labute approximate surface area is 175 Å². The quantitative estimate of drug-likeness (QED) is 0.508. The molecule has 0 radical (unpaired) electrons. The van der Waals surface area contributed by atoms with Crippen LogP contribution in [0.4, 0.5) is 11.4 Å². The van der Waals surface area contributed by atoms with E-state index in [1.165, 1.54) is 18.2 Å². The summed E-state index contributed by atoms with van der Waals surface area (Å²) in [4.78, 5) is 12.8. The first-order valence-corrected chi connectivity index (χ1v) is 10.7. The third-order valence-electron chi connectivity index (χ3n) is 4.08. The Hall–Kier alpha value is -3.36. The van der Waals surface area contributed by atoms with Gasteiger partial charge in [-0.25, -0.2) is 8.42 Å². The van der Waals surface area contributed by atoms with Gasteiger partial charge < -0.3 is 14.8 Å². The van der Waals surface area contributed by atoms with Crippen molar-refractivity contribution >= 4 is 27.3 Å². The van der Waals surface area contributed by atoms with Crippen molar-refractivity contribution in [3.8, 4) is 5.75 Å². The van der Waals surface area contributed by atoms with E-state index in [4.69, 9.17) is 9.47 Å². The van der Waals surface area contributed by atoms with Crippen molar-refractivity contribution in [1.29, 1.82) is 0 Å². The van der Waals surface area contributed by atoms with Crippen molar-refractivity contribution in [3.05, 3.63) is 84.4 Å². The maximum Gasteiger partial charge on any atom is 0.261 e. The van der Waals surface area contributed by atoms with Gasteiger partial charge in [0.05, 0.1) is 11.5 Å². The lowest BCUT2D eigenvalue weighted by Gasteiger charge is -2.11. The smallest absolute Gasteiger partial charge is 0.261 e. The summed E-state index contributed by atoms with van der Waals surface area (Å²) in [5.41, 5.74) is 1.17. The Kier molecular flexibility index (Phi) is 7.05. The summed E-state index contributed by atoms with van der Waals surface area (Å²) in [6.07, 6.45) is 0. The van der Waals surface area contributed by atoms with Gasteiger partial charge in [-0.3, -0.25) is 9.52 Å². The van der Waals surface area contributed by atoms with E-state index in [9.17, 15) is 13.2 Å². The summed E-state index contributed by atoms with van der Waals surface area (Å²) in [5.74, 6) is 0.235. The summed E-state index contributed by atoms with van der Waals surface area (Å²) in [6.45, 7) is 0.861. The number of rotatable bonds is 9. The predicted molar refractivity (Wildman–Crippen MR) is 115 cm³/mol. The molecule has 0 aromatic heterocycles. The molecule has 0 heterocycles. The van der Waals surface area contributed by atoms with Crippen LogP contribution in [0.5, 0.6) is 5.75 Å². The Morgan fingerprint density at radius 3 is 2.37 bits per heavy atom. The average Bonchev–Trinajstić information content (AvgIpc) is 2.75. The fourth-order valence-electron chi connectivity index (χ4n) is 2.65. The second kappa shape index (κ2) is 9.91. The van der Waals surface area contributed by atoms with E-state index in [-0.39, 0.29) is 10.8 Å². The molecule has 3 aromatic carbocycles. The summed E-state index contributed by atoms with van der Waals surface area (Å²) in [5, 5.41) is 2.78. The van der Waals surface area contributed by atoms with E-state index >= 15 is 0 Å². The van der Waals surface area contributed by atoms with Crippen LogP contribution in [-0.2, 0) is 14.8 Å². The lowest BCUT2D eigenvalue weighted by Crippen LogP contribution is -2.15. The number of hydrogen-bond donors (Lipinski definition) is 2. The first-order chi connectivity index (χ1) is 14.5. The van der Waals surface area contributed by atoms with Crippen LogP contribution in [-0.4, -0.2) is 34.6 Å². The number of ether oxygens (including phenoxy) is 2. The third-order valence-corrected chi connectivity index (χ3v) is 5.48. The molecule has 0 saturated carbocycles. The van der Waals surface area contributed by atoms with Crippen LogP contribution in [0.2, 0.25) is 0 Å². The molecule has 0 fully saturated rings. The maximum absolute atomic E-state index is 12.6. The Balaban J connectivity index is 1.70. The third kappa shape index (κ3) is 5.82. The molecule has 0 saturated heterocycles. The lowest BCUT2D eigenvalue weighted by atomic mass is 10.2. The molecule has 2 N–H and O–H groups in total. The van der Waals surface area contributed by atoms with E-state index in [1.807, 2.05) is 0 Å². The van der Waals surface area contributed by atoms with E-state index in [1.54, 1.807) is 67.8 Å². The van der Waals surface area contributed by atoms with Crippen LogP contribution < -0.4 is 14.8 Å². The van der Waals surface area contributed by atoms with Gasteiger partial charge in [0.15, 0.2) is 0 Å². The highest BCUT2D eigenvalue weighted by atomic mass is 32.2. The first-order valence-electron chi connectivity index (χ1n) is 9.19. The number of anilines is 2. The predicted octanol–water partition coefficient (Wildman–Crippen LogP) is 3.76. The second-order valence-electron chi connectivity index (χ2n) is 6.32. The van der Waals surface area contributed by atoms with Crippen molar-refractivity contribution in [2.75, 3.05) is 30.4 Å². The molecule has 8 heteroatoms. The number of hydrogen-bond acceptors (Lipinski definition) is 5. The Morgan fingerprint density at radius 2 is 1.60 bits per heavy atom. The monoisotopic (exact) mass is 426 g/mol. The molecule has 0 bridgehead atoms. The molecular weight excluding hydrogens is 404 g/mol. The minimum absolute atomic E-state index is 0.144. The normalized spacial score (nSPS) is 11.0. The molecule has 0 spiro atoms. The zero-order chi connectivity index (χ0) is 21.4. The number of benzene rings is 3. The molecule has 156 valence electrons. The van der Waals surface area contributed by atoms with Crippen LogP contribution in [0.1, 0.15) is 10.4 Å². The Morgan fingerprint density at radius 1 is 0.867 bits per heavy atom. The molecular formula is C22H22N2O5S. The molecule has 3 aromatic rings. The fraction of sp³-hybridized carbons (Fsp3) is 0.136. The highest BCUT2D eigenvalue weighted by Crippen LogP contribution is 2.20.